The molecular weight excluding hydrogens is 210 g/mol. The second kappa shape index (κ2) is 4.62. The lowest BCUT2D eigenvalue weighted by molar-refractivity contribution is 0.733. The highest BCUT2D eigenvalue weighted by Crippen LogP contribution is 2.26. The first-order chi connectivity index (χ1) is 8.10. The Morgan fingerprint density at radius 2 is 2.06 bits per heavy atom. The molecule has 0 atom stereocenters. The molecule has 0 spiro atoms. The molecule has 0 aliphatic heterocycles. The Labute approximate surface area is 102 Å². The Morgan fingerprint density at radius 3 is 2.71 bits per heavy atom. The van der Waals surface area contributed by atoms with E-state index in [1.807, 2.05) is 23.9 Å². The molecule has 17 heavy (non-hydrogen) atoms. The zero-order valence-corrected chi connectivity index (χ0v) is 10.7. The molecular formula is C14H19N3. The van der Waals surface area contributed by atoms with Crippen molar-refractivity contribution in [1.82, 2.24) is 9.78 Å². The second-order valence-electron chi connectivity index (χ2n) is 4.55. The summed E-state index contributed by atoms with van der Waals surface area (Å²) in [5.74, 6) is 0. The van der Waals surface area contributed by atoms with E-state index in [9.17, 15) is 0 Å². The molecule has 0 saturated carbocycles. The Morgan fingerprint density at radius 1 is 1.29 bits per heavy atom. The average molecular weight is 229 g/mol. The highest BCUT2D eigenvalue weighted by Gasteiger charge is 2.09. The van der Waals surface area contributed by atoms with Crippen LogP contribution in [0.5, 0.6) is 0 Å². The minimum absolute atomic E-state index is 0.811. The van der Waals surface area contributed by atoms with Crippen molar-refractivity contribution in [2.24, 2.45) is 7.05 Å². The molecule has 1 aromatic carbocycles. The van der Waals surface area contributed by atoms with Gasteiger partial charge in [-0.15, -0.1) is 0 Å². The van der Waals surface area contributed by atoms with Crippen molar-refractivity contribution in [3.8, 4) is 11.1 Å². The standard InChI is InChI=1S/C14H19N3/c1-4-5-14-13(9-17(3)16-14)11-6-10(2)7-12(15)8-11/h6-9H,4-5,15H2,1-3H3. The largest absolute Gasteiger partial charge is 0.399 e. The van der Waals surface area contributed by atoms with Gasteiger partial charge in [-0.1, -0.05) is 19.4 Å². The third-order valence-corrected chi connectivity index (χ3v) is 2.80. The fourth-order valence-electron chi connectivity index (χ4n) is 2.17. The van der Waals surface area contributed by atoms with Gasteiger partial charge < -0.3 is 5.73 Å². The van der Waals surface area contributed by atoms with Gasteiger partial charge in [-0.2, -0.15) is 5.10 Å². The van der Waals surface area contributed by atoms with E-state index >= 15 is 0 Å². The van der Waals surface area contributed by atoms with Crippen LogP contribution in [0.1, 0.15) is 24.6 Å². The third kappa shape index (κ3) is 2.49. The van der Waals surface area contributed by atoms with Crippen LogP contribution < -0.4 is 5.73 Å². The first-order valence-corrected chi connectivity index (χ1v) is 6.00. The van der Waals surface area contributed by atoms with Crippen LogP contribution in [0, 0.1) is 6.92 Å². The number of nitrogens with zero attached hydrogens (tertiary/aromatic N) is 2. The lowest BCUT2D eigenvalue weighted by atomic mass is 10.0. The van der Waals surface area contributed by atoms with Crippen LogP contribution in [0.25, 0.3) is 11.1 Å². The van der Waals surface area contributed by atoms with Gasteiger partial charge in [0.05, 0.1) is 5.69 Å². The van der Waals surface area contributed by atoms with Crippen molar-refractivity contribution in [2.45, 2.75) is 26.7 Å². The van der Waals surface area contributed by atoms with E-state index in [0.29, 0.717) is 0 Å². The SMILES string of the molecule is CCCc1nn(C)cc1-c1cc(C)cc(N)c1. The number of nitrogen functional groups attached to an aromatic ring is 1. The smallest absolute Gasteiger partial charge is 0.0702 e. The van der Waals surface area contributed by atoms with Crippen LogP contribution in [0.2, 0.25) is 0 Å². The van der Waals surface area contributed by atoms with Gasteiger partial charge in [0.15, 0.2) is 0 Å². The highest BCUT2D eigenvalue weighted by atomic mass is 15.2. The van der Waals surface area contributed by atoms with Crippen LogP contribution >= 0.6 is 0 Å². The van der Waals surface area contributed by atoms with E-state index in [0.717, 1.165) is 24.2 Å². The van der Waals surface area contributed by atoms with Gasteiger partial charge in [-0.05, 0) is 36.6 Å². The highest BCUT2D eigenvalue weighted by molar-refractivity contribution is 5.70. The van der Waals surface area contributed by atoms with E-state index in [1.54, 1.807) is 0 Å². The zero-order chi connectivity index (χ0) is 12.4. The molecule has 2 N–H and O–H groups in total. The monoisotopic (exact) mass is 229 g/mol. The Kier molecular flexibility index (Phi) is 3.18. The molecule has 2 aromatic rings. The predicted octanol–water partition coefficient (Wildman–Crippen LogP) is 2.93. The number of aromatic nitrogens is 2. The van der Waals surface area contributed by atoms with Crippen molar-refractivity contribution in [1.29, 1.82) is 0 Å². The molecule has 90 valence electrons. The maximum Gasteiger partial charge on any atom is 0.0702 e. The van der Waals surface area contributed by atoms with Crippen LogP contribution in [0.15, 0.2) is 24.4 Å². The molecule has 0 bridgehead atoms. The maximum absolute atomic E-state index is 5.90. The molecule has 0 aliphatic carbocycles. The Balaban J connectivity index is 2.51. The van der Waals surface area contributed by atoms with E-state index in [-0.39, 0.29) is 0 Å². The average Bonchev–Trinajstić information content (AvgIpc) is 2.58. The van der Waals surface area contributed by atoms with Crippen LogP contribution in [-0.4, -0.2) is 9.78 Å². The summed E-state index contributed by atoms with van der Waals surface area (Å²) < 4.78 is 1.87. The fraction of sp³-hybridized carbons (Fsp3) is 0.357. The van der Waals surface area contributed by atoms with Gasteiger partial charge in [0.2, 0.25) is 0 Å². The first kappa shape index (κ1) is 11.7. The van der Waals surface area contributed by atoms with Crippen LogP contribution in [0.4, 0.5) is 5.69 Å². The van der Waals surface area contributed by atoms with Gasteiger partial charge >= 0.3 is 0 Å². The number of rotatable bonds is 3. The minimum Gasteiger partial charge on any atom is -0.399 e. The summed E-state index contributed by atoms with van der Waals surface area (Å²) in [4.78, 5) is 0. The molecule has 0 saturated heterocycles. The molecule has 0 amide bonds. The van der Waals surface area contributed by atoms with Gasteiger partial charge in [0, 0.05) is 24.5 Å². The van der Waals surface area contributed by atoms with Crippen molar-refractivity contribution in [2.75, 3.05) is 5.73 Å². The number of hydrogen-bond donors (Lipinski definition) is 1. The molecule has 3 nitrogen and oxygen atoms in total. The van der Waals surface area contributed by atoms with Crippen LogP contribution in [-0.2, 0) is 13.5 Å². The zero-order valence-electron chi connectivity index (χ0n) is 10.7. The summed E-state index contributed by atoms with van der Waals surface area (Å²) in [6.07, 6.45) is 4.18. The summed E-state index contributed by atoms with van der Waals surface area (Å²) in [5.41, 5.74) is 11.4. The quantitative estimate of drug-likeness (QED) is 0.822. The van der Waals surface area contributed by atoms with Gasteiger partial charge in [-0.25, -0.2) is 0 Å². The lowest BCUT2D eigenvalue weighted by Crippen LogP contribution is -1.92. The van der Waals surface area contributed by atoms with Crippen molar-refractivity contribution in [3.63, 3.8) is 0 Å². The minimum atomic E-state index is 0.811. The normalized spacial score (nSPS) is 10.8. The van der Waals surface area contributed by atoms with Gasteiger partial charge in [0.25, 0.3) is 0 Å². The molecule has 3 heteroatoms. The van der Waals surface area contributed by atoms with Gasteiger partial charge in [-0.3, -0.25) is 4.68 Å². The first-order valence-electron chi connectivity index (χ1n) is 6.00. The van der Waals surface area contributed by atoms with Crippen molar-refractivity contribution in [3.05, 3.63) is 35.7 Å². The van der Waals surface area contributed by atoms with E-state index in [2.05, 4.69) is 31.2 Å². The Hall–Kier alpha value is -1.77. The van der Waals surface area contributed by atoms with E-state index in [1.165, 1.54) is 16.7 Å². The summed E-state index contributed by atoms with van der Waals surface area (Å²) in [5, 5.41) is 4.51. The number of nitrogens with two attached hydrogens (primary N) is 1. The van der Waals surface area contributed by atoms with Crippen molar-refractivity contribution < 1.29 is 0 Å². The number of benzene rings is 1. The molecule has 0 fully saturated rings. The molecule has 0 radical (unpaired) electrons. The lowest BCUT2D eigenvalue weighted by Gasteiger charge is -2.04. The Bertz CT molecular complexity index is 506. The molecule has 2 rings (SSSR count). The van der Waals surface area contributed by atoms with E-state index in [4.69, 9.17) is 5.73 Å². The summed E-state index contributed by atoms with van der Waals surface area (Å²) in [6, 6.07) is 6.16. The molecule has 1 heterocycles. The number of anilines is 1. The molecule has 1 aromatic heterocycles. The second-order valence-corrected chi connectivity index (χ2v) is 4.55. The van der Waals surface area contributed by atoms with Crippen LogP contribution in [0.3, 0.4) is 0 Å². The summed E-state index contributed by atoms with van der Waals surface area (Å²) in [6.45, 7) is 4.23. The molecule has 0 unspecified atom stereocenters. The third-order valence-electron chi connectivity index (χ3n) is 2.80. The summed E-state index contributed by atoms with van der Waals surface area (Å²) >= 11 is 0. The number of aryl methyl sites for hydroxylation is 3. The van der Waals surface area contributed by atoms with E-state index < -0.39 is 0 Å². The topological polar surface area (TPSA) is 43.8 Å². The van der Waals surface area contributed by atoms with Crippen molar-refractivity contribution >= 4 is 5.69 Å². The fourth-order valence-corrected chi connectivity index (χ4v) is 2.17. The summed E-state index contributed by atoms with van der Waals surface area (Å²) in [7, 11) is 1.96. The number of hydrogen-bond acceptors (Lipinski definition) is 2. The maximum atomic E-state index is 5.90. The predicted molar refractivity (Wildman–Crippen MR) is 71.8 cm³/mol. The van der Waals surface area contributed by atoms with Gasteiger partial charge in [0.1, 0.15) is 0 Å². The molecule has 0 aliphatic rings.